The van der Waals surface area contributed by atoms with Crippen LogP contribution < -0.4 is 0 Å². The molecule has 10 aromatic rings. The van der Waals surface area contributed by atoms with Crippen molar-refractivity contribution >= 4 is 75.0 Å². The number of hydrogen-bond acceptors (Lipinski definition) is 5. The number of nitrogens with zero attached hydrogens (tertiary/aromatic N) is 3. The van der Waals surface area contributed by atoms with Gasteiger partial charge in [0.05, 0.1) is 0 Å². The number of rotatable bonds is 3. The lowest BCUT2D eigenvalue weighted by Gasteiger charge is -2.11. The van der Waals surface area contributed by atoms with E-state index in [0.29, 0.717) is 17.5 Å². The van der Waals surface area contributed by atoms with E-state index in [-0.39, 0.29) is 0 Å². The van der Waals surface area contributed by atoms with Crippen molar-refractivity contribution < 1.29 is 4.42 Å². The second kappa shape index (κ2) is 8.84. The Balaban J connectivity index is 1.23. The first-order chi connectivity index (χ1) is 22.8. The number of furan rings is 1. The number of benzene rings is 7. The van der Waals surface area contributed by atoms with Crippen LogP contribution in [-0.4, -0.2) is 15.0 Å². The molecule has 5 heteroatoms. The fourth-order valence-electron chi connectivity index (χ4n) is 7.36. The summed E-state index contributed by atoms with van der Waals surface area (Å²) in [6.45, 7) is 0. The molecule has 0 saturated carbocycles. The summed E-state index contributed by atoms with van der Waals surface area (Å²) in [5.74, 6) is 1.97. The van der Waals surface area contributed by atoms with Crippen molar-refractivity contribution in [3.05, 3.63) is 127 Å². The fraction of sp³-hybridized carbons (Fsp3) is 0. The number of aromatic nitrogens is 3. The van der Waals surface area contributed by atoms with Crippen LogP contribution in [0.5, 0.6) is 0 Å². The van der Waals surface area contributed by atoms with Crippen molar-refractivity contribution in [1.82, 2.24) is 15.0 Å². The third-order valence-corrected chi connectivity index (χ3v) is 10.5. The lowest BCUT2D eigenvalue weighted by Crippen LogP contribution is -2.00. The minimum atomic E-state index is 0.656. The summed E-state index contributed by atoms with van der Waals surface area (Å²) in [6.07, 6.45) is 0. The summed E-state index contributed by atoms with van der Waals surface area (Å²) >= 11 is 1.83. The van der Waals surface area contributed by atoms with E-state index >= 15 is 0 Å². The van der Waals surface area contributed by atoms with E-state index in [1.165, 1.54) is 58.2 Å². The average Bonchev–Trinajstić information content (AvgIpc) is 3.66. The van der Waals surface area contributed by atoms with Gasteiger partial charge in [-0.15, -0.1) is 11.3 Å². The van der Waals surface area contributed by atoms with Crippen LogP contribution in [0.25, 0.3) is 109 Å². The smallest absolute Gasteiger partial charge is 0.164 e. The molecule has 0 aliphatic heterocycles. The minimum absolute atomic E-state index is 0.656. The van der Waals surface area contributed by atoms with Gasteiger partial charge in [-0.25, -0.2) is 15.0 Å². The molecule has 46 heavy (non-hydrogen) atoms. The Labute approximate surface area is 266 Å². The molecule has 0 radical (unpaired) electrons. The molecule has 7 aromatic carbocycles. The molecule has 1 aliphatic carbocycles. The summed E-state index contributed by atoms with van der Waals surface area (Å²) in [5.41, 5.74) is 7.09. The zero-order valence-electron chi connectivity index (χ0n) is 24.3. The van der Waals surface area contributed by atoms with Crippen LogP contribution in [-0.2, 0) is 0 Å². The third kappa shape index (κ3) is 3.30. The van der Waals surface area contributed by atoms with Crippen LogP contribution in [0.4, 0.5) is 0 Å². The summed E-state index contributed by atoms with van der Waals surface area (Å²) in [7, 11) is 0. The maximum Gasteiger partial charge on any atom is 0.164 e. The van der Waals surface area contributed by atoms with Gasteiger partial charge in [0.1, 0.15) is 11.2 Å². The number of thiophene rings is 1. The van der Waals surface area contributed by atoms with Crippen molar-refractivity contribution in [1.29, 1.82) is 0 Å². The fourth-order valence-corrected chi connectivity index (χ4v) is 8.54. The highest BCUT2D eigenvalue weighted by molar-refractivity contribution is 7.26. The highest BCUT2D eigenvalue weighted by atomic mass is 32.1. The Morgan fingerprint density at radius 3 is 2.02 bits per heavy atom. The Bertz CT molecular complexity index is 2920. The molecule has 0 unspecified atom stereocenters. The quantitative estimate of drug-likeness (QED) is 0.202. The first-order valence-corrected chi connectivity index (χ1v) is 16.2. The van der Waals surface area contributed by atoms with Crippen molar-refractivity contribution in [2.45, 2.75) is 0 Å². The molecule has 0 bridgehead atoms. The molecule has 0 fully saturated rings. The SMILES string of the molecule is c1ccc(-c2nc(-c3ccc4ccccc4c3)nc(-c3cc4c5c(c3)sc3ccc6ccc7oc8cccc-4c8c7c6c35)n2)cc1. The molecule has 0 saturated heterocycles. The van der Waals surface area contributed by atoms with Crippen molar-refractivity contribution in [2.75, 3.05) is 0 Å². The summed E-state index contributed by atoms with van der Waals surface area (Å²) < 4.78 is 8.93. The monoisotopic (exact) mass is 603 g/mol. The van der Waals surface area contributed by atoms with Crippen LogP contribution >= 0.6 is 11.3 Å². The largest absolute Gasteiger partial charge is 0.456 e. The van der Waals surface area contributed by atoms with Gasteiger partial charge in [-0.2, -0.15) is 0 Å². The first kappa shape index (κ1) is 24.4. The van der Waals surface area contributed by atoms with Gasteiger partial charge in [-0.3, -0.25) is 0 Å². The van der Waals surface area contributed by atoms with Gasteiger partial charge in [0.15, 0.2) is 17.5 Å². The van der Waals surface area contributed by atoms with E-state index in [1.54, 1.807) is 0 Å². The van der Waals surface area contributed by atoms with Crippen LogP contribution in [0.2, 0.25) is 0 Å². The van der Waals surface area contributed by atoms with E-state index in [4.69, 9.17) is 19.4 Å². The van der Waals surface area contributed by atoms with Crippen LogP contribution in [0.15, 0.2) is 132 Å². The standard InChI is InChI=1S/C41H21N3OS/c1-2-8-24(9-3-1)39-42-40(26-14-13-22-7-4-5-10-25(22)19-26)44-41(43-39)27-20-29-28-11-6-12-30-35(28)37-31(45-30)17-15-23-16-18-32-38(34(23)37)36(29)33(21-27)46-32/h1-21H. The van der Waals surface area contributed by atoms with Gasteiger partial charge in [-0.1, -0.05) is 91.0 Å². The topological polar surface area (TPSA) is 51.8 Å². The first-order valence-electron chi connectivity index (χ1n) is 15.4. The maximum absolute atomic E-state index is 6.44. The van der Waals surface area contributed by atoms with Crippen molar-refractivity contribution in [3.8, 4) is 45.3 Å². The molecule has 4 nitrogen and oxygen atoms in total. The molecule has 11 rings (SSSR count). The van der Waals surface area contributed by atoms with Gasteiger partial charge >= 0.3 is 0 Å². The van der Waals surface area contributed by atoms with Gasteiger partial charge in [0.25, 0.3) is 0 Å². The average molecular weight is 604 g/mol. The molecule has 3 aromatic heterocycles. The highest BCUT2D eigenvalue weighted by Gasteiger charge is 2.25. The lowest BCUT2D eigenvalue weighted by atomic mass is 9.96. The molecule has 0 atom stereocenters. The maximum atomic E-state index is 6.44. The van der Waals surface area contributed by atoms with Gasteiger partial charge in [0, 0.05) is 53.0 Å². The normalized spacial score (nSPS) is 12.3. The van der Waals surface area contributed by atoms with E-state index in [2.05, 4.69) is 109 Å². The summed E-state index contributed by atoms with van der Waals surface area (Å²) in [5, 5.41) is 9.83. The van der Waals surface area contributed by atoms with Gasteiger partial charge in [-0.05, 0) is 63.7 Å². The molecule has 212 valence electrons. The molecule has 0 N–H and O–H groups in total. The van der Waals surface area contributed by atoms with Gasteiger partial charge in [0.2, 0.25) is 0 Å². The number of fused-ring (bicyclic) bond motifs is 2. The van der Waals surface area contributed by atoms with Crippen molar-refractivity contribution in [3.63, 3.8) is 0 Å². The molecular formula is C41H21N3OS. The van der Waals surface area contributed by atoms with Crippen LogP contribution in [0.1, 0.15) is 0 Å². The molecule has 0 amide bonds. The summed E-state index contributed by atoms with van der Waals surface area (Å²) in [4.78, 5) is 15.3. The van der Waals surface area contributed by atoms with E-state index in [0.717, 1.165) is 33.2 Å². The Hall–Kier alpha value is -5.91. The molecule has 1 aliphatic rings. The Morgan fingerprint density at radius 1 is 0.391 bits per heavy atom. The lowest BCUT2D eigenvalue weighted by molar-refractivity contribution is 0.669. The predicted molar refractivity (Wildman–Crippen MR) is 190 cm³/mol. The van der Waals surface area contributed by atoms with E-state index < -0.39 is 0 Å². The zero-order chi connectivity index (χ0) is 29.9. The van der Waals surface area contributed by atoms with Gasteiger partial charge < -0.3 is 4.42 Å². The van der Waals surface area contributed by atoms with Crippen LogP contribution in [0.3, 0.4) is 0 Å². The van der Waals surface area contributed by atoms with Crippen LogP contribution in [0, 0.1) is 0 Å². The zero-order valence-corrected chi connectivity index (χ0v) is 25.1. The second-order valence-electron chi connectivity index (χ2n) is 12.0. The molecule has 0 spiro atoms. The number of hydrogen-bond donors (Lipinski definition) is 0. The third-order valence-electron chi connectivity index (χ3n) is 9.40. The van der Waals surface area contributed by atoms with E-state index in [1.807, 2.05) is 29.5 Å². The predicted octanol–water partition coefficient (Wildman–Crippen LogP) is 11.4. The Morgan fingerprint density at radius 2 is 1.13 bits per heavy atom. The minimum Gasteiger partial charge on any atom is -0.456 e. The molecule has 3 heterocycles. The summed E-state index contributed by atoms with van der Waals surface area (Å²) in [6, 6.07) is 44.7. The Kier molecular flexibility index (Phi) is 4.69. The van der Waals surface area contributed by atoms with E-state index in [9.17, 15) is 0 Å². The second-order valence-corrected chi connectivity index (χ2v) is 13.1. The van der Waals surface area contributed by atoms with Crippen molar-refractivity contribution in [2.24, 2.45) is 0 Å². The highest BCUT2D eigenvalue weighted by Crippen LogP contribution is 2.52. The molecular weight excluding hydrogens is 583 g/mol.